The maximum atomic E-state index is 13.2. The normalized spacial score (nSPS) is 14.8. The van der Waals surface area contributed by atoms with Gasteiger partial charge in [0.25, 0.3) is 5.91 Å². The fourth-order valence-electron chi connectivity index (χ4n) is 6.43. The van der Waals surface area contributed by atoms with Crippen LogP contribution in [0.4, 0.5) is 0 Å². The maximum Gasteiger partial charge on any atom is 0.258 e. The Morgan fingerprint density at radius 2 is 1.28 bits per heavy atom. The van der Waals surface area contributed by atoms with E-state index in [0.717, 1.165) is 33.8 Å². The Morgan fingerprint density at radius 3 is 1.87 bits per heavy atom. The highest BCUT2D eigenvalue weighted by Gasteiger charge is 2.20. The summed E-state index contributed by atoms with van der Waals surface area (Å²) in [5.74, 6) is 2.78. The molecule has 5 rings (SSSR count). The molecule has 5 heteroatoms. The van der Waals surface area contributed by atoms with Gasteiger partial charge in [-0.25, -0.2) is 0 Å². The first kappa shape index (κ1) is 35.6. The molecule has 0 aromatic heterocycles. The first-order valence-corrected chi connectivity index (χ1v) is 17.4. The number of carbonyl (C=O) groups excluding carboxylic acids is 1. The van der Waals surface area contributed by atoms with Gasteiger partial charge in [0.2, 0.25) is 0 Å². The summed E-state index contributed by atoms with van der Waals surface area (Å²) < 4.78 is 16.9. The summed E-state index contributed by atoms with van der Waals surface area (Å²) in [5, 5.41) is 3.24. The highest BCUT2D eigenvalue weighted by molar-refractivity contribution is 5.78. The lowest BCUT2D eigenvalue weighted by Gasteiger charge is -2.23. The Bertz CT molecular complexity index is 1500. The number of ether oxygens (including phenoxy) is 3. The Labute approximate surface area is 282 Å². The second-order valence-electron chi connectivity index (χ2n) is 12.3. The maximum absolute atomic E-state index is 13.2. The smallest absolute Gasteiger partial charge is 0.258 e. The fourth-order valence-corrected chi connectivity index (χ4v) is 6.43. The molecule has 1 aliphatic rings. The number of hydrogen-bond acceptors (Lipinski definition) is 4. The van der Waals surface area contributed by atoms with Gasteiger partial charge in [0, 0.05) is 17.5 Å². The summed E-state index contributed by atoms with van der Waals surface area (Å²) in [7, 11) is 3.32. The fraction of sp³-hybridized carbons (Fsp3) is 0.405. The lowest BCUT2D eigenvalue weighted by Crippen LogP contribution is -2.33. The minimum Gasteiger partial charge on any atom is -0.497 e. The number of methoxy groups -OCH3 is 2. The standard InChI is InChI=1S/C40H47NO4.C2H6/c1-28-12-14-33(15-13-28)40(34-18-16-32(17-19-34)31-10-8-6-5-7-9-11-31)41-39(42)27-45-35-22-20-30(21-23-35)29(2)37-25-24-36(43-3)26-38(37)44-4;1-2/h12-26,29,31,40H,5-11,27H2,1-4H3,(H,41,42);1-2H3. The number of aryl methyl sites for hydroxylation is 1. The first-order chi connectivity index (χ1) is 22.9. The quantitative estimate of drug-likeness (QED) is 0.178. The van der Waals surface area contributed by atoms with Crippen molar-refractivity contribution < 1.29 is 19.0 Å². The second kappa shape index (κ2) is 18.2. The zero-order valence-electron chi connectivity index (χ0n) is 29.2. The monoisotopic (exact) mass is 635 g/mol. The summed E-state index contributed by atoms with van der Waals surface area (Å²) in [4.78, 5) is 13.2. The van der Waals surface area contributed by atoms with Gasteiger partial charge in [-0.2, -0.15) is 0 Å². The van der Waals surface area contributed by atoms with Crippen molar-refractivity contribution in [2.24, 2.45) is 0 Å². The van der Waals surface area contributed by atoms with E-state index in [1.165, 1.54) is 56.1 Å². The van der Waals surface area contributed by atoms with E-state index in [0.29, 0.717) is 11.7 Å². The summed E-state index contributed by atoms with van der Waals surface area (Å²) in [5.41, 5.74) is 6.94. The van der Waals surface area contributed by atoms with Gasteiger partial charge in [0.15, 0.2) is 6.61 Å². The molecule has 2 atom stereocenters. The molecule has 2 unspecified atom stereocenters. The van der Waals surface area contributed by atoms with Crippen molar-refractivity contribution in [3.8, 4) is 17.2 Å². The molecule has 4 aromatic rings. The van der Waals surface area contributed by atoms with Crippen LogP contribution in [0.3, 0.4) is 0 Å². The van der Waals surface area contributed by atoms with E-state index in [-0.39, 0.29) is 24.5 Å². The van der Waals surface area contributed by atoms with E-state index in [4.69, 9.17) is 14.2 Å². The topological polar surface area (TPSA) is 56.8 Å². The summed E-state index contributed by atoms with van der Waals surface area (Å²) >= 11 is 0. The molecule has 0 heterocycles. The van der Waals surface area contributed by atoms with Gasteiger partial charge in [-0.15, -0.1) is 0 Å². The van der Waals surface area contributed by atoms with E-state index in [1.54, 1.807) is 14.2 Å². The first-order valence-electron chi connectivity index (χ1n) is 17.4. The van der Waals surface area contributed by atoms with Crippen LogP contribution in [0.1, 0.15) is 117 Å². The molecule has 1 amide bonds. The van der Waals surface area contributed by atoms with E-state index < -0.39 is 0 Å². The third-order valence-electron chi connectivity index (χ3n) is 9.22. The van der Waals surface area contributed by atoms with Crippen molar-refractivity contribution in [3.05, 3.63) is 124 Å². The van der Waals surface area contributed by atoms with Crippen LogP contribution in [0.2, 0.25) is 0 Å². The number of amides is 1. The van der Waals surface area contributed by atoms with Crippen molar-refractivity contribution in [1.82, 2.24) is 5.32 Å². The number of carbonyl (C=O) groups is 1. The van der Waals surface area contributed by atoms with E-state index in [2.05, 4.69) is 67.7 Å². The third-order valence-corrected chi connectivity index (χ3v) is 9.22. The molecule has 1 aliphatic carbocycles. The molecule has 1 N–H and O–H groups in total. The molecular weight excluding hydrogens is 582 g/mol. The van der Waals surface area contributed by atoms with Crippen molar-refractivity contribution in [1.29, 1.82) is 0 Å². The minimum absolute atomic E-state index is 0.0658. The second-order valence-corrected chi connectivity index (χ2v) is 12.3. The Kier molecular flexibility index (Phi) is 13.8. The van der Waals surface area contributed by atoms with Gasteiger partial charge in [0.1, 0.15) is 17.2 Å². The largest absolute Gasteiger partial charge is 0.497 e. The molecule has 0 radical (unpaired) electrons. The van der Waals surface area contributed by atoms with Crippen LogP contribution in [0.5, 0.6) is 17.2 Å². The number of rotatable bonds is 11. The lowest BCUT2D eigenvalue weighted by atomic mass is 9.85. The van der Waals surface area contributed by atoms with Gasteiger partial charge in [-0.05, 0) is 66.1 Å². The van der Waals surface area contributed by atoms with Crippen LogP contribution in [0, 0.1) is 6.92 Å². The molecular formula is C42H53NO4. The molecule has 0 spiro atoms. The van der Waals surface area contributed by atoms with Crippen LogP contribution in [0.25, 0.3) is 0 Å². The average molecular weight is 636 g/mol. The van der Waals surface area contributed by atoms with E-state index >= 15 is 0 Å². The average Bonchev–Trinajstić information content (AvgIpc) is 3.10. The van der Waals surface area contributed by atoms with Crippen LogP contribution < -0.4 is 19.5 Å². The number of benzene rings is 4. The zero-order valence-corrected chi connectivity index (χ0v) is 29.2. The highest BCUT2D eigenvalue weighted by Crippen LogP contribution is 2.35. The van der Waals surface area contributed by atoms with Crippen molar-refractivity contribution in [2.75, 3.05) is 20.8 Å². The number of nitrogens with one attached hydrogen (secondary N) is 1. The predicted molar refractivity (Wildman–Crippen MR) is 193 cm³/mol. The summed E-state index contributed by atoms with van der Waals surface area (Å²) in [6.07, 6.45) is 9.23. The van der Waals surface area contributed by atoms with Crippen LogP contribution in [-0.4, -0.2) is 26.7 Å². The predicted octanol–water partition coefficient (Wildman–Crippen LogP) is 10.3. The SMILES string of the molecule is CC.COc1ccc(C(C)c2ccc(OCC(=O)NC(c3ccc(C)cc3)c3ccc(C4CCCCCCC4)cc3)cc2)c(OC)c1. The molecule has 0 bridgehead atoms. The summed E-state index contributed by atoms with van der Waals surface area (Å²) in [6.45, 7) is 8.15. The molecule has 47 heavy (non-hydrogen) atoms. The van der Waals surface area contributed by atoms with Crippen LogP contribution >= 0.6 is 0 Å². The molecule has 1 saturated carbocycles. The highest BCUT2D eigenvalue weighted by atomic mass is 16.5. The third kappa shape index (κ3) is 9.87. The van der Waals surface area contributed by atoms with Crippen LogP contribution in [0.15, 0.2) is 91.0 Å². The van der Waals surface area contributed by atoms with Gasteiger partial charge in [-0.1, -0.05) is 125 Å². The zero-order chi connectivity index (χ0) is 33.6. The van der Waals surface area contributed by atoms with Gasteiger partial charge >= 0.3 is 0 Å². The van der Waals surface area contributed by atoms with Gasteiger partial charge in [0.05, 0.1) is 20.3 Å². The van der Waals surface area contributed by atoms with Gasteiger partial charge < -0.3 is 19.5 Å². The Balaban J connectivity index is 0.00000245. The van der Waals surface area contributed by atoms with Gasteiger partial charge in [-0.3, -0.25) is 4.79 Å². The molecule has 4 aromatic carbocycles. The molecule has 5 nitrogen and oxygen atoms in total. The van der Waals surface area contributed by atoms with Crippen LogP contribution in [-0.2, 0) is 4.79 Å². The van der Waals surface area contributed by atoms with E-state index in [9.17, 15) is 4.79 Å². The number of hydrogen-bond donors (Lipinski definition) is 1. The molecule has 0 aliphatic heterocycles. The Morgan fingerprint density at radius 1 is 0.723 bits per heavy atom. The van der Waals surface area contributed by atoms with E-state index in [1.807, 2.05) is 56.3 Å². The van der Waals surface area contributed by atoms with Crippen molar-refractivity contribution >= 4 is 5.91 Å². The Hall–Kier alpha value is -4.25. The molecule has 0 saturated heterocycles. The van der Waals surface area contributed by atoms with Crippen molar-refractivity contribution in [3.63, 3.8) is 0 Å². The van der Waals surface area contributed by atoms with Crippen molar-refractivity contribution in [2.45, 2.75) is 90.5 Å². The lowest BCUT2D eigenvalue weighted by molar-refractivity contribution is -0.123. The molecule has 1 fully saturated rings. The molecule has 250 valence electrons. The minimum atomic E-state index is -0.254. The summed E-state index contributed by atoms with van der Waals surface area (Å²) in [6, 6.07) is 30.9.